The summed E-state index contributed by atoms with van der Waals surface area (Å²) in [6.45, 7) is 2.64. The van der Waals surface area contributed by atoms with Gasteiger partial charge in [-0.2, -0.15) is 0 Å². The van der Waals surface area contributed by atoms with Gasteiger partial charge in [0.25, 0.3) is 0 Å². The zero-order valence-electron chi connectivity index (χ0n) is 13.8. The number of fused-ring (bicyclic) bond motifs is 1. The molecule has 1 aliphatic rings. The van der Waals surface area contributed by atoms with E-state index in [1.807, 2.05) is 0 Å². The van der Waals surface area contributed by atoms with E-state index >= 15 is 0 Å². The minimum Gasteiger partial charge on any atom is -0.477 e. The van der Waals surface area contributed by atoms with E-state index in [4.69, 9.17) is 14.2 Å². The lowest BCUT2D eigenvalue weighted by Gasteiger charge is -2.25. The van der Waals surface area contributed by atoms with Gasteiger partial charge in [0, 0.05) is 37.5 Å². The van der Waals surface area contributed by atoms with Crippen LogP contribution in [0.3, 0.4) is 0 Å². The first-order valence-corrected chi connectivity index (χ1v) is 7.71. The van der Waals surface area contributed by atoms with Gasteiger partial charge in [-0.1, -0.05) is 18.2 Å². The number of rotatable bonds is 3. The largest absolute Gasteiger partial charge is 0.477 e. The number of hydrogen-bond donors (Lipinski definition) is 0. The van der Waals surface area contributed by atoms with Crippen molar-refractivity contribution in [3.05, 3.63) is 53.6 Å². The van der Waals surface area contributed by atoms with Crippen molar-refractivity contribution < 1.29 is 28.6 Å². The van der Waals surface area contributed by atoms with Crippen LogP contribution in [0.15, 0.2) is 42.5 Å². The van der Waals surface area contributed by atoms with Crippen LogP contribution in [-0.4, -0.2) is 17.7 Å². The molecule has 1 atom stereocenters. The summed E-state index contributed by atoms with van der Waals surface area (Å²) in [5.41, 5.74) is 1.40. The molecule has 3 rings (SSSR count). The predicted molar refractivity (Wildman–Crippen MR) is 87.6 cm³/mol. The molecule has 0 aromatic heterocycles. The van der Waals surface area contributed by atoms with Crippen LogP contribution in [0.1, 0.15) is 31.1 Å². The Bertz CT molecular complexity index is 837. The summed E-state index contributed by atoms with van der Waals surface area (Å²) in [7, 11) is 0. The van der Waals surface area contributed by atoms with Gasteiger partial charge in [0.15, 0.2) is 11.9 Å². The number of ketones is 1. The Labute approximate surface area is 144 Å². The Kier molecular flexibility index (Phi) is 4.52. The van der Waals surface area contributed by atoms with Gasteiger partial charge < -0.3 is 14.2 Å². The fraction of sp³-hybridized carbons (Fsp3) is 0.211. The molecule has 0 fully saturated rings. The molecule has 0 aliphatic carbocycles. The third-order valence-electron chi connectivity index (χ3n) is 3.65. The molecule has 6 nitrogen and oxygen atoms in total. The third-order valence-corrected chi connectivity index (χ3v) is 3.65. The number of carbonyl (C=O) groups excluding carboxylic acids is 3. The van der Waals surface area contributed by atoms with Crippen LogP contribution in [0.2, 0.25) is 0 Å². The standard InChI is InChI=1S/C19H16O6/c1-11(20)23-15-6-3-13(4-7-15)19-17(22)9-14-5-8-16(24-12(2)21)10-18(14)25-19/h3-8,10,19H,9H2,1-2H3. The summed E-state index contributed by atoms with van der Waals surface area (Å²) >= 11 is 0. The van der Waals surface area contributed by atoms with Crippen molar-refractivity contribution in [1.29, 1.82) is 0 Å². The summed E-state index contributed by atoms with van der Waals surface area (Å²) < 4.78 is 15.9. The molecule has 6 heteroatoms. The average Bonchev–Trinajstić information content (AvgIpc) is 2.54. The third kappa shape index (κ3) is 3.85. The lowest BCUT2D eigenvalue weighted by Crippen LogP contribution is -2.25. The minimum atomic E-state index is -0.758. The van der Waals surface area contributed by atoms with Crippen molar-refractivity contribution in [3.8, 4) is 17.2 Å². The molecular weight excluding hydrogens is 324 g/mol. The van der Waals surface area contributed by atoms with Crippen LogP contribution >= 0.6 is 0 Å². The molecule has 0 saturated heterocycles. The molecule has 0 N–H and O–H groups in total. The van der Waals surface area contributed by atoms with Crippen LogP contribution in [-0.2, 0) is 20.8 Å². The van der Waals surface area contributed by atoms with E-state index in [9.17, 15) is 14.4 Å². The maximum absolute atomic E-state index is 12.4. The smallest absolute Gasteiger partial charge is 0.308 e. The lowest BCUT2D eigenvalue weighted by atomic mass is 9.96. The van der Waals surface area contributed by atoms with Gasteiger partial charge in [0.1, 0.15) is 17.2 Å². The Morgan fingerprint density at radius 1 is 0.960 bits per heavy atom. The van der Waals surface area contributed by atoms with Gasteiger partial charge in [-0.25, -0.2) is 0 Å². The van der Waals surface area contributed by atoms with E-state index in [1.165, 1.54) is 13.8 Å². The number of hydrogen-bond acceptors (Lipinski definition) is 6. The van der Waals surface area contributed by atoms with Crippen molar-refractivity contribution >= 4 is 17.7 Å². The fourth-order valence-electron chi connectivity index (χ4n) is 2.62. The molecule has 2 aromatic carbocycles. The first-order valence-electron chi connectivity index (χ1n) is 7.71. The van der Waals surface area contributed by atoms with E-state index in [0.29, 0.717) is 22.8 Å². The number of ether oxygens (including phenoxy) is 3. The van der Waals surface area contributed by atoms with Gasteiger partial charge in [0.05, 0.1) is 0 Å². The van der Waals surface area contributed by atoms with Crippen LogP contribution in [0.25, 0.3) is 0 Å². The maximum atomic E-state index is 12.4. The van der Waals surface area contributed by atoms with Crippen molar-refractivity contribution in [2.24, 2.45) is 0 Å². The highest BCUT2D eigenvalue weighted by Crippen LogP contribution is 2.35. The zero-order chi connectivity index (χ0) is 18.0. The van der Waals surface area contributed by atoms with E-state index in [0.717, 1.165) is 5.56 Å². The Morgan fingerprint density at radius 3 is 2.20 bits per heavy atom. The molecule has 1 heterocycles. The van der Waals surface area contributed by atoms with Gasteiger partial charge in [-0.15, -0.1) is 0 Å². The van der Waals surface area contributed by atoms with E-state index < -0.39 is 18.0 Å². The quantitative estimate of drug-likeness (QED) is 0.631. The summed E-state index contributed by atoms with van der Waals surface area (Å²) in [5, 5.41) is 0. The highest BCUT2D eigenvalue weighted by atomic mass is 16.5. The van der Waals surface area contributed by atoms with E-state index in [1.54, 1.807) is 42.5 Å². The fourth-order valence-corrected chi connectivity index (χ4v) is 2.62. The summed E-state index contributed by atoms with van der Waals surface area (Å²) in [5.74, 6) is 0.358. The molecular formula is C19H16O6. The predicted octanol–water partition coefficient (Wildman–Crippen LogP) is 2.78. The second kappa shape index (κ2) is 6.76. The van der Waals surface area contributed by atoms with E-state index in [-0.39, 0.29) is 12.2 Å². The van der Waals surface area contributed by atoms with Crippen LogP contribution in [0.5, 0.6) is 17.2 Å². The average molecular weight is 340 g/mol. The zero-order valence-corrected chi connectivity index (χ0v) is 13.8. The minimum absolute atomic E-state index is 0.0760. The topological polar surface area (TPSA) is 78.9 Å². The molecule has 0 amide bonds. The second-order valence-corrected chi connectivity index (χ2v) is 5.67. The lowest BCUT2D eigenvalue weighted by molar-refractivity contribution is -0.132. The first kappa shape index (κ1) is 16.7. The molecule has 0 radical (unpaired) electrons. The number of Topliss-reactive ketones (excluding diaryl/α,β-unsaturated/α-hetero) is 1. The van der Waals surface area contributed by atoms with Gasteiger partial charge in [-0.05, 0) is 18.2 Å². The normalized spacial score (nSPS) is 15.8. The van der Waals surface area contributed by atoms with Crippen molar-refractivity contribution in [1.82, 2.24) is 0 Å². The number of benzene rings is 2. The molecule has 128 valence electrons. The molecule has 1 aliphatic heterocycles. The highest BCUT2D eigenvalue weighted by Gasteiger charge is 2.29. The van der Waals surface area contributed by atoms with Crippen LogP contribution in [0, 0.1) is 0 Å². The Hall–Kier alpha value is -3.15. The first-order chi connectivity index (χ1) is 11.9. The van der Waals surface area contributed by atoms with Gasteiger partial charge >= 0.3 is 11.9 Å². The maximum Gasteiger partial charge on any atom is 0.308 e. The highest BCUT2D eigenvalue weighted by molar-refractivity contribution is 5.89. The van der Waals surface area contributed by atoms with Crippen molar-refractivity contribution in [2.75, 3.05) is 0 Å². The van der Waals surface area contributed by atoms with Gasteiger partial charge in [0.2, 0.25) is 0 Å². The summed E-state index contributed by atoms with van der Waals surface area (Å²) in [4.78, 5) is 34.4. The molecule has 0 bridgehead atoms. The molecule has 1 unspecified atom stereocenters. The molecule has 25 heavy (non-hydrogen) atoms. The monoisotopic (exact) mass is 340 g/mol. The van der Waals surface area contributed by atoms with E-state index in [2.05, 4.69) is 0 Å². The SMILES string of the molecule is CC(=O)Oc1ccc(C2Oc3cc(OC(C)=O)ccc3CC2=O)cc1. The second-order valence-electron chi connectivity index (χ2n) is 5.67. The Balaban J connectivity index is 1.83. The number of esters is 2. The number of carbonyl (C=O) groups is 3. The molecule has 2 aromatic rings. The van der Waals surface area contributed by atoms with Gasteiger partial charge in [-0.3, -0.25) is 14.4 Å². The molecule has 0 saturated carbocycles. The van der Waals surface area contributed by atoms with Crippen LogP contribution in [0.4, 0.5) is 0 Å². The Morgan fingerprint density at radius 2 is 1.56 bits per heavy atom. The summed E-state index contributed by atoms with van der Waals surface area (Å²) in [6.07, 6.45) is -0.530. The van der Waals surface area contributed by atoms with Crippen LogP contribution < -0.4 is 14.2 Å². The van der Waals surface area contributed by atoms with Crippen molar-refractivity contribution in [2.45, 2.75) is 26.4 Å². The molecule has 0 spiro atoms. The summed E-state index contributed by atoms with van der Waals surface area (Å²) in [6, 6.07) is 11.5. The van der Waals surface area contributed by atoms with Crippen molar-refractivity contribution in [3.63, 3.8) is 0 Å².